The monoisotopic (exact) mass is 220 g/mol. The highest BCUT2D eigenvalue weighted by Gasteiger charge is 2.29. The molecule has 1 N–H and O–H groups in total. The Balaban J connectivity index is 1.98. The van der Waals surface area contributed by atoms with E-state index in [0.29, 0.717) is 6.04 Å². The summed E-state index contributed by atoms with van der Waals surface area (Å²) >= 11 is 0. The molecule has 1 saturated heterocycles. The normalized spacial score (nSPS) is 25.2. The molecule has 1 aromatic carbocycles. The number of anilines is 1. The van der Waals surface area contributed by atoms with Crippen molar-refractivity contribution < 1.29 is 4.39 Å². The molecule has 1 fully saturated rings. The summed E-state index contributed by atoms with van der Waals surface area (Å²) in [7, 11) is 0. The zero-order chi connectivity index (χ0) is 11.0. The average molecular weight is 220 g/mol. The third-order valence-electron chi connectivity index (χ3n) is 3.70. The Bertz CT molecular complexity index is 386. The van der Waals surface area contributed by atoms with Crippen molar-refractivity contribution in [1.82, 2.24) is 4.90 Å². The van der Waals surface area contributed by atoms with Crippen LogP contribution < -0.4 is 5.32 Å². The first kappa shape index (κ1) is 10.1. The molecule has 1 aromatic rings. The quantitative estimate of drug-likeness (QED) is 0.783. The summed E-state index contributed by atoms with van der Waals surface area (Å²) in [5, 5.41) is 3.29. The number of likely N-dealkylation sites (tertiary alicyclic amines) is 1. The average Bonchev–Trinajstić information content (AvgIpc) is 2.82. The SMILES string of the molecule is Fc1cccc2c1C(N1CCCC1)CCN2. The van der Waals surface area contributed by atoms with E-state index in [4.69, 9.17) is 0 Å². The van der Waals surface area contributed by atoms with Crippen LogP contribution in [0.4, 0.5) is 10.1 Å². The molecule has 16 heavy (non-hydrogen) atoms. The van der Waals surface area contributed by atoms with Crippen molar-refractivity contribution in [2.75, 3.05) is 25.0 Å². The Morgan fingerprint density at radius 3 is 2.88 bits per heavy atom. The molecule has 0 bridgehead atoms. The molecule has 2 nitrogen and oxygen atoms in total. The van der Waals surface area contributed by atoms with Crippen LogP contribution in [0.15, 0.2) is 18.2 Å². The van der Waals surface area contributed by atoms with Gasteiger partial charge in [-0.15, -0.1) is 0 Å². The summed E-state index contributed by atoms with van der Waals surface area (Å²) in [6.07, 6.45) is 3.54. The molecule has 0 aliphatic carbocycles. The predicted octanol–water partition coefficient (Wildman–Crippen LogP) is 2.78. The fourth-order valence-corrected chi connectivity index (χ4v) is 2.94. The van der Waals surface area contributed by atoms with E-state index in [1.165, 1.54) is 12.8 Å². The number of rotatable bonds is 1. The van der Waals surface area contributed by atoms with Gasteiger partial charge in [0.2, 0.25) is 0 Å². The van der Waals surface area contributed by atoms with Crippen LogP contribution in [0.25, 0.3) is 0 Å². The number of hydrogen-bond acceptors (Lipinski definition) is 2. The zero-order valence-corrected chi connectivity index (χ0v) is 9.38. The first-order valence-electron chi connectivity index (χ1n) is 6.12. The van der Waals surface area contributed by atoms with Crippen LogP contribution in [-0.4, -0.2) is 24.5 Å². The van der Waals surface area contributed by atoms with Crippen LogP contribution >= 0.6 is 0 Å². The van der Waals surface area contributed by atoms with Crippen molar-refractivity contribution in [3.05, 3.63) is 29.6 Å². The second-order valence-electron chi connectivity index (χ2n) is 4.68. The highest BCUT2D eigenvalue weighted by molar-refractivity contribution is 5.55. The Labute approximate surface area is 95.4 Å². The topological polar surface area (TPSA) is 15.3 Å². The van der Waals surface area contributed by atoms with Gasteiger partial charge >= 0.3 is 0 Å². The molecular weight excluding hydrogens is 203 g/mol. The van der Waals surface area contributed by atoms with Gasteiger partial charge in [0, 0.05) is 23.8 Å². The van der Waals surface area contributed by atoms with Crippen molar-refractivity contribution in [1.29, 1.82) is 0 Å². The van der Waals surface area contributed by atoms with Crippen molar-refractivity contribution in [2.45, 2.75) is 25.3 Å². The number of fused-ring (bicyclic) bond motifs is 1. The Kier molecular flexibility index (Phi) is 2.56. The number of nitrogens with one attached hydrogen (secondary N) is 1. The van der Waals surface area contributed by atoms with Crippen LogP contribution in [0, 0.1) is 5.82 Å². The highest BCUT2D eigenvalue weighted by Crippen LogP contribution is 2.37. The fourth-order valence-electron chi connectivity index (χ4n) is 2.94. The summed E-state index contributed by atoms with van der Waals surface area (Å²) < 4.78 is 13.9. The molecule has 0 amide bonds. The van der Waals surface area contributed by atoms with E-state index in [1.54, 1.807) is 12.1 Å². The Hall–Kier alpha value is -1.09. The van der Waals surface area contributed by atoms with Gasteiger partial charge < -0.3 is 5.32 Å². The lowest BCUT2D eigenvalue weighted by Crippen LogP contribution is -2.31. The maximum Gasteiger partial charge on any atom is 0.130 e. The number of benzene rings is 1. The van der Waals surface area contributed by atoms with E-state index in [1.807, 2.05) is 6.07 Å². The summed E-state index contributed by atoms with van der Waals surface area (Å²) in [5.74, 6) is -0.0541. The van der Waals surface area contributed by atoms with Crippen LogP contribution in [0.1, 0.15) is 30.9 Å². The zero-order valence-electron chi connectivity index (χ0n) is 9.38. The van der Waals surface area contributed by atoms with Gasteiger partial charge in [0.05, 0.1) is 0 Å². The van der Waals surface area contributed by atoms with Crippen LogP contribution in [0.2, 0.25) is 0 Å². The van der Waals surface area contributed by atoms with E-state index < -0.39 is 0 Å². The Morgan fingerprint density at radius 2 is 2.06 bits per heavy atom. The molecule has 0 aromatic heterocycles. The standard InChI is InChI=1S/C13H17FN2/c14-10-4-3-5-11-13(10)12(6-7-15-11)16-8-1-2-9-16/h3-5,12,15H,1-2,6-9H2. The van der Waals surface area contributed by atoms with Crippen molar-refractivity contribution >= 4 is 5.69 Å². The maximum atomic E-state index is 13.9. The van der Waals surface area contributed by atoms with Crippen molar-refractivity contribution in [3.8, 4) is 0 Å². The van der Waals surface area contributed by atoms with Gasteiger partial charge in [0.1, 0.15) is 5.82 Å². The lowest BCUT2D eigenvalue weighted by atomic mass is 9.96. The largest absolute Gasteiger partial charge is 0.385 e. The lowest BCUT2D eigenvalue weighted by Gasteiger charge is -2.33. The molecule has 86 valence electrons. The smallest absolute Gasteiger partial charge is 0.130 e. The van der Waals surface area contributed by atoms with Crippen LogP contribution in [0.3, 0.4) is 0 Å². The van der Waals surface area contributed by atoms with Gasteiger partial charge in [0.15, 0.2) is 0 Å². The molecule has 0 saturated carbocycles. The third kappa shape index (κ3) is 1.59. The molecule has 2 aliphatic heterocycles. The van der Waals surface area contributed by atoms with Crippen molar-refractivity contribution in [3.63, 3.8) is 0 Å². The molecule has 2 aliphatic rings. The molecule has 2 heterocycles. The summed E-state index contributed by atoms with van der Waals surface area (Å²) in [6.45, 7) is 3.20. The van der Waals surface area contributed by atoms with E-state index in [9.17, 15) is 4.39 Å². The van der Waals surface area contributed by atoms with E-state index >= 15 is 0 Å². The van der Waals surface area contributed by atoms with Gasteiger partial charge in [-0.1, -0.05) is 6.07 Å². The molecule has 0 radical (unpaired) electrons. The van der Waals surface area contributed by atoms with Gasteiger partial charge in [0.25, 0.3) is 0 Å². The highest BCUT2D eigenvalue weighted by atomic mass is 19.1. The lowest BCUT2D eigenvalue weighted by molar-refractivity contribution is 0.229. The van der Waals surface area contributed by atoms with Crippen LogP contribution in [-0.2, 0) is 0 Å². The van der Waals surface area contributed by atoms with Crippen LogP contribution in [0.5, 0.6) is 0 Å². The number of nitrogens with zero attached hydrogens (tertiary/aromatic N) is 1. The Morgan fingerprint density at radius 1 is 1.25 bits per heavy atom. The first-order valence-corrected chi connectivity index (χ1v) is 6.12. The third-order valence-corrected chi connectivity index (χ3v) is 3.70. The van der Waals surface area contributed by atoms with E-state index in [2.05, 4.69) is 10.2 Å². The maximum absolute atomic E-state index is 13.9. The molecular formula is C13H17FN2. The summed E-state index contributed by atoms with van der Waals surface area (Å²) in [6, 6.07) is 5.64. The molecule has 1 unspecified atom stereocenters. The molecule has 1 atom stereocenters. The van der Waals surface area contributed by atoms with Gasteiger partial charge in [-0.05, 0) is 44.5 Å². The molecule has 3 rings (SSSR count). The predicted molar refractivity (Wildman–Crippen MR) is 63.1 cm³/mol. The molecule has 3 heteroatoms. The minimum Gasteiger partial charge on any atom is -0.385 e. The minimum absolute atomic E-state index is 0.0541. The second-order valence-corrected chi connectivity index (χ2v) is 4.68. The van der Waals surface area contributed by atoms with Gasteiger partial charge in [-0.25, -0.2) is 4.39 Å². The molecule has 0 spiro atoms. The summed E-state index contributed by atoms with van der Waals surface area (Å²) in [5.41, 5.74) is 1.87. The summed E-state index contributed by atoms with van der Waals surface area (Å²) in [4.78, 5) is 2.43. The van der Waals surface area contributed by atoms with E-state index in [0.717, 1.165) is 37.3 Å². The number of halogens is 1. The fraction of sp³-hybridized carbons (Fsp3) is 0.538. The van der Waals surface area contributed by atoms with Crippen molar-refractivity contribution in [2.24, 2.45) is 0 Å². The first-order chi connectivity index (χ1) is 7.86. The second kappa shape index (κ2) is 4.06. The van der Waals surface area contributed by atoms with E-state index in [-0.39, 0.29) is 5.82 Å². The minimum atomic E-state index is -0.0541. The number of hydrogen-bond donors (Lipinski definition) is 1. The van der Waals surface area contributed by atoms with Gasteiger partial charge in [-0.2, -0.15) is 0 Å². The van der Waals surface area contributed by atoms with Gasteiger partial charge in [-0.3, -0.25) is 4.90 Å².